The molecule has 0 aromatic heterocycles. The van der Waals surface area contributed by atoms with Gasteiger partial charge in [0, 0.05) is 25.6 Å². The van der Waals surface area contributed by atoms with E-state index in [0.29, 0.717) is 6.42 Å². The van der Waals surface area contributed by atoms with E-state index < -0.39 is 0 Å². The summed E-state index contributed by atoms with van der Waals surface area (Å²) in [7, 11) is 0. The van der Waals surface area contributed by atoms with E-state index in [1.165, 1.54) is 0 Å². The number of hydrogen-bond donors (Lipinski definition) is 1. The lowest BCUT2D eigenvalue weighted by Gasteiger charge is -2.28. The third-order valence-electron chi connectivity index (χ3n) is 2.02. The molecule has 0 atom stereocenters. The zero-order valence-electron chi connectivity index (χ0n) is 7.45. The Kier molecular flexibility index (Phi) is 3.49. The molecule has 0 aliphatic carbocycles. The lowest BCUT2D eigenvalue weighted by Crippen LogP contribution is -2.40. The van der Waals surface area contributed by atoms with Crippen LogP contribution in [0.2, 0.25) is 0 Å². The summed E-state index contributed by atoms with van der Waals surface area (Å²) in [4.78, 5) is 15.9. The molecule has 1 aliphatic heterocycles. The summed E-state index contributed by atoms with van der Waals surface area (Å²) in [5, 5.41) is 1.70. The SMILES string of the molecule is CCC(=O)ON1CCC(N)CC1. The molecule has 1 aliphatic rings. The van der Waals surface area contributed by atoms with E-state index in [1.54, 1.807) is 12.0 Å². The summed E-state index contributed by atoms with van der Waals surface area (Å²) >= 11 is 0. The van der Waals surface area contributed by atoms with Gasteiger partial charge in [-0.2, -0.15) is 0 Å². The number of piperidine rings is 1. The van der Waals surface area contributed by atoms with Gasteiger partial charge in [0.25, 0.3) is 0 Å². The van der Waals surface area contributed by atoms with Crippen LogP contribution in [-0.2, 0) is 9.63 Å². The first kappa shape index (κ1) is 9.48. The molecule has 0 radical (unpaired) electrons. The molecule has 0 unspecified atom stereocenters. The fourth-order valence-electron chi connectivity index (χ4n) is 1.18. The predicted molar refractivity (Wildman–Crippen MR) is 45.2 cm³/mol. The van der Waals surface area contributed by atoms with E-state index in [-0.39, 0.29) is 12.0 Å². The predicted octanol–water partition coefficient (Wildman–Crippen LogP) is 0.278. The topological polar surface area (TPSA) is 55.6 Å². The highest BCUT2D eigenvalue weighted by Crippen LogP contribution is 2.08. The van der Waals surface area contributed by atoms with Gasteiger partial charge in [0.1, 0.15) is 0 Å². The van der Waals surface area contributed by atoms with Crippen molar-refractivity contribution in [2.75, 3.05) is 13.1 Å². The van der Waals surface area contributed by atoms with Gasteiger partial charge in [-0.05, 0) is 12.8 Å². The van der Waals surface area contributed by atoms with Crippen molar-refractivity contribution in [1.29, 1.82) is 0 Å². The van der Waals surface area contributed by atoms with Crippen LogP contribution in [0.25, 0.3) is 0 Å². The Morgan fingerprint density at radius 3 is 2.67 bits per heavy atom. The first-order valence-corrected chi connectivity index (χ1v) is 4.43. The number of rotatable bonds is 2. The van der Waals surface area contributed by atoms with Gasteiger partial charge < -0.3 is 10.6 Å². The first-order valence-electron chi connectivity index (χ1n) is 4.43. The Bertz CT molecular complexity index is 153. The molecule has 12 heavy (non-hydrogen) atoms. The Morgan fingerprint density at radius 2 is 2.17 bits per heavy atom. The molecule has 1 fully saturated rings. The Hall–Kier alpha value is -0.610. The highest BCUT2D eigenvalue weighted by Gasteiger charge is 2.18. The van der Waals surface area contributed by atoms with Crippen LogP contribution in [-0.4, -0.2) is 30.2 Å². The van der Waals surface area contributed by atoms with E-state index >= 15 is 0 Å². The summed E-state index contributed by atoms with van der Waals surface area (Å²) in [6.07, 6.45) is 2.26. The van der Waals surface area contributed by atoms with Gasteiger partial charge >= 0.3 is 5.97 Å². The highest BCUT2D eigenvalue weighted by atomic mass is 16.7. The molecule has 0 spiro atoms. The Labute approximate surface area is 72.6 Å². The molecular formula is C8H16N2O2. The number of nitrogens with zero attached hydrogens (tertiary/aromatic N) is 1. The van der Waals surface area contributed by atoms with Crippen LogP contribution >= 0.6 is 0 Å². The van der Waals surface area contributed by atoms with Crippen LogP contribution in [0.15, 0.2) is 0 Å². The smallest absolute Gasteiger partial charge is 0.324 e. The molecule has 0 aromatic rings. The Morgan fingerprint density at radius 1 is 1.58 bits per heavy atom. The normalized spacial score (nSPS) is 20.8. The van der Waals surface area contributed by atoms with Gasteiger partial charge in [-0.3, -0.25) is 4.79 Å². The van der Waals surface area contributed by atoms with Gasteiger partial charge in [0.05, 0.1) is 0 Å². The minimum absolute atomic E-state index is 0.162. The van der Waals surface area contributed by atoms with Crippen molar-refractivity contribution >= 4 is 5.97 Å². The quantitative estimate of drug-likeness (QED) is 0.650. The van der Waals surface area contributed by atoms with E-state index in [4.69, 9.17) is 10.6 Å². The molecule has 0 amide bonds. The maximum atomic E-state index is 10.9. The second kappa shape index (κ2) is 4.42. The van der Waals surface area contributed by atoms with Gasteiger partial charge in [-0.15, -0.1) is 5.06 Å². The molecule has 1 heterocycles. The van der Waals surface area contributed by atoms with E-state index in [2.05, 4.69) is 0 Å². The number of hydrogen-bond acceptors (Lipinski definition) is 4. The van der Waals surface area contributed by atoms with Crippen molar-refractivity contribution in [2.45, 2.75) is 32.2 Å². The van der Waals surface area contributed by atoms with Crippen molar-refractivity contribution < 1.29 is 9.63 Å². The number of carbonyl (C=O) groups is 1. The summed E-state index contributed by atoms with van der Waals surface area (Å²) in [6.45, 7) is 3.33. The molecule has 1 rings (SSSR count). The third-order valence-corrected chi connectivity index (χ3v) is 2.02. The van der Waals surface area contributed by atoms with Gasteiger partial charge in [-0.25, -0.2) is 0 Å². The summed E-state index contributed by atoms with van der Waals surface area (Å²) < 4.78 is 0. The maximum absolute atomic E-state index is 10.9. The van der Waals surface area contributed by atoms with Crippen LogP contribution in [0, 0.1) is 0 Å². The van der Waals surface area contributed by atoms with Gasteiger partial charge in [-0.1, -0.05) is 6.92 Å². The molecule has 0 bridgehead atoms. The van der Waals surface area contributed by atoms with Crippen LogP contribution < -0.4 is 5.73 Å². The number of carbonyl (C=O) groups excluding carboxylic acids is 1. The van der Waals surface area contributed by atoms with Gasteiger partial charge in [0.15, 0.2) is 0 Å². The van der Waals surface area contributed by atoms with E-state index in [9.17, 15) is 4.79 Å². The third kappa shape index (κ3) is 2.79. The van der Waals surface area contributed by atoms with Crippen LogP contribution in [0.3, 0.4) is 0 Å². The monoisotopic (exact) mass is 172 g/mol. The Balaban J connectivity index is 2.21. The van der Waals surface area contributed by atoms with Crippen molar-refractivity contribution in [3.8, 4) is 0 Å². The van der Waals surface area contributed by atoms with Crippen molar-refractivity contribution in [1.82, 2.24) is 5.06 Å². The van der Waals surface area contributed by atoms with Crippen molar-refractivity contribution in [3.05, 3.63) is 0 Å². The summed E-state index contributed by atoms with van der Waals surface area (Å²) in [5.41, 5.74) is 5.69. The lowest BCUT2D eigenvalue weighted by molar-refractivity contribution is -0.194. The molecule has 1 saturated heterocycles. The zero-order valence-corrected chi connectivity index (χ0v) is 7.45. The van der Waals surface area contributed by atoms with Crippen molar-refractivity contribution in [2.24, 2.45) is 5.73 Å². The minimum Gasteiger partial charge on any atom is -0.368 e. The van der Waals surface area contributed by atoms with Crippen LogP contribution in [0.4, 0.5) is 0 Å². The van der Waals surface area contributed by atoms with E-state index in [0.717, 1.165) is 25.9 Å². The average molecular weight is 172 g/mol. The molecule has 4 nitrogen and oxygen atoms in total. The largest absolute Gasteiger partial charge is 0.368 e. The lowest BCUT2D eigenvalue weighted by atomic mass is 10.1. The minimum atomic E-state index is -0.162. The maximum Gasteiger partial charge on any atom is 0.324 e. The highest BCUT2D eigenvalue weighted by molar-refractivity contribution is 5.68. The fraction of sp³-hybridized carbons (Fsp3) is 0.875. The van der Waals surface area contributed by atoms with Gasteiger partial charge in [0.2, 0.25) is 0 Å². The van der Waals surface area contributed by atoms with E-state index in [1.807, 2.05) is 0 Å². The van der Waals surface area contributed by atoms with Crippen molar-refractivity contribution in [3.63, 3.8) is 0 Å². The second-order valence-corrected chi connectivity index (χ2v) is 3.08. The number of nitrogens with two attached hydrogens (primary N) is 1. The molecule has 0 saturated carbocycles. The molecule has 70 valence electrons. The number of hydroxylamine groups is 2. The molecular weight excluding hydrogens is 156 g/mol. The zero-order chi connectivity index (χ0) is 8.97. The molecule has 4 heteroatoms. The average Bonchev–Trinajstić information content (AvgIpc) is 2.09. The molecule has 0 aromatic carbocycles. The fourth-order valence-corrected chi connectivity index (χ4v) is 1.18. The summed E-state index contributed by atoms with van der Waals surface area (Å²) in [5.74, 6) is -0.162. The summed E-state index contributed by atoms with van der Waals surface area (Å²) in [6, 6.07) is 0.279. The standard InChI is InChI=1S/C8H16N2O2/c1-2-8(11)12-10-5-3-7(9)4-6-10/h7H,2-6,9H2,1H3. The second-order valence-electron chi connectivity index (χ2n) is 3.08. The molecule has 2 N–H and O–H groups in total. The van der Waals surface area contributed by atoms with Crippen LogP contribution in [0.5, 0.6) is 0 Å². The van der Waals surface area contributed by atoms with Crippen LogP contribution in [0.1, 0.15) is 26.2 Å². The first-order chi connectivity index (χ1) is 5.72.